The van der Waals surface area contributed by atoms with Gasteiger partial charge in [-0.3, -0.25) is 4.79 Å². The zero-order chi connectivity index (χ0) is 13.7. The number of hydrogen-bond donors (Lipinski definition) is 2. The van der Waals surface area contributed by atoms with Crippen molar-refractivity contribution in [1.82, 2.24) is 9.97 Å². The maximum atomic E-state index is 11.4. The van der Waals surface area contributed by atoms with Crippen LogP contribution >= 0.6 is 0 Å². The Labute approximate surface area is 112 Å². The van der Waals surface area contributed by atoms with Crippen molar-refractivity contribution < 1.29 is 9.53 Å². The molecule has 19 heavy (non-hydrogen) atoms. The van der Waals surface area contributed by atoms with Gasteiger partial charge in [0.2, 0.25) is 11.8 Å². The maximum Gasteiger partial charge on any atom is 0.222 e. The number of rotatable bonds is 5. The number of ether oxygens (including phenoxy) is 1. The molecular weight excluding hydrogens is 244 g/mol. The standard InChI is InChI=1S/C13H20N4O2/c1-2-19-12-7-11(15-8-16-12)17-10-6-4-3-5-9(10)13(14)18/h7-10H,2-6H2,1H3,(H2,14,18)(H,15,16,17). The SMILES string of the molecule is CCOc1cc(NC2CCCCC2C(N)=O)ncn1. The lowest BCUT2D eigenvalue weighted by Gasteiger charge is -2.30. The highest BCUT2D eigenvalue weighted by Gasteiger charge is 2.29. The van der Waals surface area contributed by atoms with Gasteiger partial charge in [0.25, 0.3) is 0 Å². The highest BCUT2D eigenvalue weighted by atomic mass is 16.5. The first-order chi connectivity index (χ1) is 9.20. The number of aromatic nitrogens is 2. The topological polar surface area (TPSA) is 90.1 Å². The van der Waals surface area contributed by atoms with Crippen molar-refractivity contribution in [2.24, 2.45) is 11.7 Å². The van der Waals surface area contributed by atoms with Gasteiger partial charge in [0.05, 0.1) is 12.5 Å². The van der Waals surface area contributed by atoms with Gasteiger partial charge in [-0.1, -0.05) is 12.8 Å². The van der Waals surface area contributed by atoms with Crippen molar-refractivity contribution >= 4 is 11.7 Å². The molecule has 1 heterocycles. The summed E-state index contributed by atoms with van der Waals surface area (Å²) in [7, 11) is 0. The van der Waals surface area contributed by atoms with Gasteiger partial charge >= 0.3 is 0 Å². The molecule has 2 atom stereocenters. The fraction of sp³-hybridized carbons (Fsp3) is 0.615. The minimum Gasteiger partial charge on any atom is -0.478 e. The fourth-order valence-electron chi connectivity index (χ4n) is 2.48. The van der Waals surface area contributed by atoms with Crippen LogP contribution in [0.4, 0.5) is 5.82 Å². The first-order valence-corrected chi connectivity index (χ1v) is 6.71. The molecule has 3 N–H and O–H groups in total. The molecule has 0 aliphatic heterocycles. The lowest BCUT2D eigenvalue weighted by atomic mass is 9.84. The van der Waals surface area contributed by atoms with Crippen molar-refractivity contribution in [3.8, 4) is 5.88 Å². The average Bonchev–Trinajstić information content (AvgIpc) is 2.40. The molecule has 1 saturated carbocycles. The normalized spacial score (nSPS) is 22.8. The molecule has 6 nitrogen and oxygen atoms in total. The molecule has 0 spiro atoms. The third-order valence-electron chi connectivity index (χ3n) is 3.40. The van der Waals surface area contributed by atoms with Crippen LogP contribution in [-0.4, -0.2) is 28.5 Å². The zero-order valence-corrected chi connectivity index (χ0v) is 11.1. The second kappa shape index (κ2) is 6.36. The number of nitrogens with zero attached hydrogens (tertiary/aromatic N) is 2. The van der Waals surface area contributed by atoms with E-state index in [-0.39, 0.29) is 17.9 Å². The maximum absolute atomic E-state index is 11.4. The summed E-state index contributed by atoms with van der Waals surface area (Å²) in [6.45, 7) is 2.46. The van der Waals surface area contributed by atoms with E-state index >= 15 is 0 Å². The number of nitrogens with one attached hydrogen (secondary N) is 1. The lowest BCUT2D eigenvalue weighted by Crippen LogP contribution is -2.40. The third kappa shape index (κ3) is 3.56. The smallest absolute Gasteiger partial charge is 0.222 e. The Kier molecular flexibility index (Phi) is 4.54. The monoisotopic (exact) mass is 264 g/mol. The largest absolute Gasteiger partial charge is 0.478 e. The number of hydrogen-bond acceptors (Lipinski definition) is 5. The molecule has 1 aliphatic carbocycles. The number of nitrogens with two attached hydrogens (primary N) is 1. The third-order valence-corrected chi connectivity index (χ3v) is 3.40. The first kappa shape index (κ1) is 13.6. The van der Waals surface area contributed by atoms with Gasteiger partial charge in [0, 0.05) is 12.1 Å². The molecule has 1 aromatic heterocycles. The average molecular weight is 264 g/mol. The Morgan fingerprint density at radius 2 is 2.26 bits per heavy atom. The van der Waals surface area contributed by atoms with Crippen molar-refractivity contribution in [3.05, 3.63) is 12.4 Å². The molecule has 1 amide bonds. The molecule has 6 heteroatoms. The van der Waals surface area contributed by atoms with E-state index in [0.29, 0.717) is 18.3 Å². The highest BCUT2D eigenvalue weighted by molar-refractivity contribution is 5.78. The van der Waals surface area contributed by atoms with Gasteiger partial charge in [0.1, 0.15) is 12.1 Å². The van der Waals surface area contributed by atoms with Gasteiger partial charge in [0.15, 0.2) is 0 Å². The molecule has 0 radical (unpaired) electrons. The van der Waals surface area contributed by atoms with Crippen LogP contribution in [-0.2, 0) is 4.79 Å². The summed E-state index contributed by atoms with van der Waals surface area (Å²) >= 11 is 0. The number of anilines is 1. The summed E-state index contributed by atoms with van der Waals surface area (Å²) < 4.78 is 5.33. The van der Waals surface area contributed by atoms with Gasteiger partial charge in [-0.05, 0) is 19.8 Å². The summed E-state index contributed by atoms with van der Waals surface area (Å²) in [4.78, 5) is 19.6. The van der Waals surface area contributed by atoms with Crippen molar-refractivity contribution in [2.45, 2.75) is 38.6 Å². The van der Waals surface area contributed by atoms with Crippen LogP contribution in [0.3, 0.4) is 0 Å². The Morgan fingerprint density at radius 1 is 1.47 bits per heavy atom. The molecule has 2 rings (SSSR count). The molecule has 1 fully saturated rings. The number of amides is 1. The quantitative estimate of drug-likeness (QED) is 0.837. The van der Waals surface area contributed by atoms with E-state index in [4.69, 9.17) is 10.5 Å². The second-order valence-electron chi connectivity index (χ2n) is 4.72. The fourth-order valence-corrected chi connectivity index (χ4v) is 2.48. The van der Waals surface area contributed by atoms with Crippen LogP contribution in [0.1, 0.15) is 32.6 Å². The summed E-state index contributed by atoms with van der Waals surface area (Å²) in [6.07, 6.45) is 5.39. The lowest BCUT2D eigenvalue weighted by molar-refractivity contribution is -0.122. The van der Waals surface area contributed by atoms with Crippen molar-refractivity contribution in [2.75, 3.05) is 11.9 Å². The van der Waals surface area contributed by atoms with Crippen molar-refractivity contribution in [1.29, 1.82) is 0 Å². The minimum absolute atomic E-state index is 0.0515. The van der Waals surface area contributed by atoms with E-state index < -0.39 is 0 Å². The van der Waals surface area contributed by atoms with Crippen LogP contribution in [0, 0.1) is 5.92 Å². The molecule has 0 aromatic carbocycles. The summed E-state index contributed by atoms with van der Waals surface area (Å²) in [5, 5.41) is 3.28. The molecule has 2 unspecified atom stereocenters. The van der Waals surface area contributed by atoms with Crippen LogP contribution in [0.25, 0.3) is 0 Å². The molecule has 1 aliphatic rings. The molecular formula is C13H20N4O2. The molecule has 104 valence electrons. The predicted octanol–water partition coefficient (Wildman–Crippen LogP) is 1.33. The van der Waals surface area contributed by atoms with Crippen LogP contribution in [0.2, 0.25) is 0 Å². The van der Waals surface area contributed by atoms with E-state index in [1.165, 1.54) is 6.33 Å². The summed E-state index contributed by atoms with van der Waals surface area (Å²) in [5.41, 5.74) is 5.45. The first-order valence-electron chi connectivity index (χ1n) is 6.71. The predicted molar refractivity (Wildman–Crippen MR) is 71.8 cm³/mol. The number of carbonyl (C=O) groups is 1. The zero-order valence-electron chi connectivity index (χ0n) is 11.1. The summed E-state index contributed by atoms with van der Waals surface area (Å²) in [5.74, 6) is 0.846. The molecule has 1 aromatic rings. The minimum atomic E-state index is -0.240. The van der Waals surface area contributed by atoms with Gasteiger partial charge in [-0.25, -0.2) is 9.97 Å². The molecule has 0 bridgehead atoms. The Bertz CT molecular complexity index is 438. The van der Waals surface area contributed by atoms with Gasteiger partial charge in [-0.15, -0.1) is 0 Å². The van der Waals surface area contributed by atoms with E-state index in [1.54, 1.807) is 6.07 Å². The molecule has 0 saturated heterocycles. The van der Waals surface area contributed by atoms with Crippen molar-refractivity contribution in [3.63, 3.8) is 0 Å². The second-order valence-corrected chi connectivity index (χ2v) is 4.72. The van der Waals surface area contributed by atoms with Crippen LogP contribution < -0.4 is 15.8 Å². The van der Waals surface area contributed by atoms with E-state index in [1.807, 2.05) is 6.92 Å². The van der Waals surface area contributed by atoms with Crippen LogP contribution in [0.5, 0.6) is 5.88 Å². The van der Waals surface area contributed by atoms with E-state index in [0.717, 1.165) is 25.7 Å². The number of primary amides is 1. The van der Waals surface area contributed by atoms with Gasteiger partial charge in [-0.2, -0.15) is 0 Å². The summed E-state index contributed by atoms with van der Waals surface area (Å²) in [6, 6.07) is 1.80. The Balaban J connectivity index is 2.06. The van der Waals surface area contributed by atoms with Gasteiger partial charge < -0.3 is 15.8 Å². The Morgan fingerprint density at radius 3 is 3.00 bits per heavy atom. The Hall–Kier alpha value is -1.85. The van der Waals surface area contributed by atoms with E-state index in [2.05, 4.69) is 15.3 Å². The van der Waals surface area contributed by atoms with E-state index in [9.17, 15) is 4.79 Å². The highest BCUT2D eigenvalue weighted by Crippen LogP contribution is 2.27. The number of carbonyl (C=O) groups excluding carboxylic acids is 1. The van der Waals surface area contributed by atoms with Crippen LogP contribution in [0.15, 0.2) is 12.4 Å².